The molecule has 0 N–H and O–H groups in total. The summed E-state index contributed by atoms with van der Waals surface area (Å²) >= 11 is 0. The Morgan fingerprint density at radius 1 is 0.366 bits per heavy atom. The molecule has 9 aromatic carbocycles. The lowest BCUT2D eigenvalue weighted by Gasteiger charge is -2.45. The van der Waals surface area contributed by atoms with Crippen molar-refractivity contribution in [1.82, 2.24) is 9.13 Å². The van der Waals surface area contributed by atoms with Gasteiger partial charge in [0.25, 0.3) is 6.71 Å². The minimum absolute atomic E-state index is 0.111. The summed E-state index contributed by atoms with van der Waals surface area (Å²) in [5, 5.41) is -0.536. The van der Waals surface area contributed by atoms with Crippen LogP contribution in [0.25, 0.3) is 55.0 Å². The summed E-state index contributed by atoms with van der Waals surface area (Å²) in [7, 11) is 0. The van der Waals surface area contributed by atoms with Crippen LogP contribution in [0.4, 0.5) is 34.1 Å². The molecule has 0 spiro atoms. The molecule has 0 aliphatic carbocycles. The van der Waals surface area contributed by atoms with Crippen molar-refractivity contribution in [3.8, 4) is 11.4 Å². The van der Waals surface area contributed by atoms with Crippen molar-refractivity contribution < 1.29 is 27.4 Å². The summed E-state index contributed by atoms with van der Waals surface area (Å²) in [4.78, 5) is 4.09. The number of nitrogens with zero attached hydrogens (tertiary/aromatic N) is 4. The van der Waals surface area contributed by atoms with E-state index >= 15 is 0 Å². The van der Waals surface area contributed by atoms with Crippen LogP contribution in [0, 0.1) is 16.2 Å². The van der Waals surface area contributed by atoms with Gasteiger partial charge in [-0.1, -0.05) is 189 Å². The van der Waals surface area contributed by atoms with Gasteiger partial charge in [0.15, 0.2) is 0 Å². The molecule has 5 heteroatoms. The number of aromatic nitrogens is 2. The Kier molecular flexibility index (Phi) is 8.13. The summed E-state index contributed by atoms with van der Waals surface area (Å²) in [6, 6.07) is 23.2. The highest BCUT2D eigenvalue weighted by Crippen LogP contribution is 2.48. The van der Waals surface area contributed by atoms with E-state index in [0.717, 1.165) is 16.6 Å². The van der Waals surface area contributed by atoms with Crippen molar-refractivity contribution in [2.45, 2.75) is 134 Å². The van der Waals surface area contributed by atoms with Gasteiger partial charge in [-0.3, -0.25) is 0 Å². The highest BCUT2D eigenvalue weighted by molar-refractivity contribution is 7.00. The fraction of sp³-hybridized carbons (Fsp3) is 0.299. The van der Waals surface area contributed by atoms with E-state index in [1.165, 1.54) is 9.13 Å². The predicted octanol–water partition coefficient (Wildman–Crippen LogP) is 19.3. The van der Waals surface area contributed by atoms with Crippen molar-refractivity contribution in [2.24, 2.45) is 16.2 Å². The van der Waals surface area contributed by atoms with Gasteiger partial charge in [-0.2, -0.15) is 0 Å². The van der Waals surface area contributed by atoms with E-state index in [9.17, 15) is 21.9 Å². The molecule has 2 aliphatic heterocycles. The van der Waals surface area contributed by atoms with Gasteiger partial charge < -0.3 is 18.9 Å². The molecule has 412 valence electrons. The minimum Gasteiger partial charge on any atom is -0.311 e. The second-order valence-electron chi connectivity index (χ2n) is 27.3. The van der Waals surface area contributed by atoms with Crippen molar-refractivity contribution in [2.75, 3.05) is 9.80 Å². The molecule has 0 amide bonds. The van der Waals surface area contributed by atoms with E-state index in [4.69, 9.17) is 5.48 Å². The number of fused-ring (bicyclic) bond motifs is 10. The number of rotatable bonds is 7. The molecular weight excluding hydrogens is 992 g/mol. The van der Waals surface area contributed by atoms with Gasteiger partial charge >= 0.3 is 0 Å². The Morgan fingerprint density at radius 2 is 0.720 bits per heavy atom. The van der Waals surface area contributed by atoms with E-state index in [1.54, 1.807) is 53.7 Å². The SMILES string of the molecule is [2H]c1c([2H])c([2H])c2c(c1[2H])c1c([2H])c(C([2H])([2H])C(C)(C)C)c([2H])c([2H])c1n2-c1ccc2c(c1)N(c1ccc(C(C)(C)C)cc1)c1cc(C([2H])([2H])C(C)(C)C)cc3c1B2c1ccc(-n2c4c([2H])c([2H])c([2H])c([2H])c4c4c([2H])c(C([2H])([2H])C(C)(C)C)c([2H])c([2H])c42)cc1N3c1ccc(C(C)(C)C)cc1. The molecule has 0 fully saturated rings. The third-order valence-corrected chi connectivity index (χ3v) is 15.4. The van der Waals surface area contributed by atoms with Gasteiger partial charge in [-0.05, 0) is 187 Å². The number of anilines is 6. The van der Waals surface area contributed by atoms with Crippen LogP contribution in [0.5, 0.6) is 0 Å². The average Bonchev–Trinajstić information content (AvgIpc) is 1.27. The lowest BCUT2D eigenvalue weighted by atomic mass is 9.33. The smallest absolute Gasteiger partial charge is 0.252 e. The van der Waals surface area contributed by atoms with Gasteiger partial charge in [0.1, 0.15) is 0 Å². The number of para-hydroxylation sites is 2. The number of hydrogen-bond donors (Lipinski definition) is 0. The maximum atomic E-state index is 10.2. The van der Waals surface area contributed by atoms with E-state index in [2.05, 4.69) is 41.5 Å². The Morgan fingerprint density at radius 3 is 1.10 bits per heavy atom. The molecule has 2 aliphatic rings. The highest BCUT2D eigenvalue weighted by atomic mass is 15.2. The first-order chi connectivity index (χ1) is 46.9. The summed E-state index contributed by atoms with van der Waals surface area (Å²) in [6.07, 6.45) is -6.85. The highest BCUT2D eigenvalue weighted by Gasteiger charge is 2.44. The Hall–Kier alpha value is -7.76. The molecule has 2 aromatic heterocycles. The average molecular weight is 1090 g/mol. The van der Waals surface area contributed by atoms with Crippen LogP contribution < -0.4 is 26.2 Å². The Labute approximate surface area is 516 Å². The zero-order valence-electron chi connectivity index (χ0n) is 69.6. The standard InChI is InChI=1S/C77H81BN4/c1-73(2,3)46-49-24-38-66-60(40-49)58-20-16-18-22-64(58)81(66)56-34-36-62-68(44-56)79(54-30-26-52(27-31-54)76(10,11)12)70-42-51(48-75(7,8)9)43-71-72(70)78(62)63-37-35-57(45-69(63)80(71)55-32-28-53(29-33-55)77(13,14)15)82-65-23-19-17-21-59(65)61-41-50(25-39-67(61)82)47-74(4,5)6/h16-45H,46-48H2,1-15H3/i16D,17D,18D,19D,20D,21D,22D,23D,24D,25D,38D,39D,40D,41D,46D2,47D2,48D2. The van der Waals surface area contributed by atoms with Gasteiger partial charge in [0.05, 0.1) is 41.3 Å². The first-order valence-corrected chi connectivity index (χ1v) is 28.3. The van der Waals surface area contributed by atoms with Gasteiger partial charge in [-0.15, -0.1) is 0 Å². The first-order valence-electron chi connectivity index (χ1n) is 38.3. The molecule has 0 atom stereocenters. The largest absolute Gasteiger partial charge is 0.311 e. The minimum atomic E-state index is -2.39. The third-order valence-electron chi connectivity index (χ3n) is 15.4. The van der Waals surface area contributed by atoms with Crippen molar-refractivity contribution in [3.63, 3.8) is 0 Å². The third kappa shape index (κ3) is 9.43. The normalized spacial score (nSPS) is 17.9. The molecule has 4 heterocycles. The first kappa shape index (κ1) is 35.3. The fourth-order valence-electron chi connectivity index (χ4n) is 11.9. The molecule has 13 rings (SSSR count). The molecule has 11 aromatic rings. The predicted molar refractivity (Wildman–Crippen MR) is 356 cm³/mol. The van der Waals surface area contributed by atoms with E-state index in [-0.39, 0.29) is 71.4 Å². The quantitative estimate of drug-likeness (QED) is 0.148. The molecule has 0 radical (unpaired) electrons. The second kappa shape index (κ2) is 18.9. The van der Waals surface area contributed by atoms with Crippen molar-refractivity contribution in [3.05, 3.63) is 209 Å². The van der Waals surface area contributed by atoms with Crippen LogP contribution in [0.15, 0.2) is 182 Å². The van der Waals surface area contributed by atoms with Crippen LogP contribution in [-0.4, -0.2) is 15.8 Å². The second-order valence-corrected chi connectivity index (χ2v) is 27.3. The van der Waals surface area contributed by atoms with Gasteiger partial charge in [0.2, 0.25) is 0 Å². The molecule has 0 saturated heterocycles. The summed E-state index contributed by atoms with van der Waals surface area (Å²) in [5.41, 5.74) is 2.97. The zero-order chi connectivity index (χ0) is 75.1. The number of hydrogen-bond acceptors (Lipinski definition) is 2. The van der Waals surface area contributed by atoms with E-state index < -0.39 is 138 Å². The van der Waals surface area contributed by atoms with Crippen LogP contribution >= 0.6 is 0 Å². The lowest BCUT2D eigenvalue weighted by molar-refractivity contribution is 0.411. The summed E-state index contributed by atoms with van der Waals surface area (Å²) < 4.78 is 195. The lowest BCUT2D eigenvalue weighted by Crippen LogP contribution is -2.61. The van der Waals surface area contributed by atoms with Crippen LogP contribution in [0.3, 0.4) is 0 Å². The molecule has 4 nitrogen and oxygen atoms in total. The van der Waals surface area contributed by atoms with Gasteiger partial charge in [0, 0.05) is 75.3 Å². The Balaban J connectivity index is 1.21. The van der Waals surface area contributed by atoms with Gasteiger partial charge in [-0.25, -0.2) is 0 Å². The molecule has 0 bridgehead atoms. The van der Waals surface area contributed by atoms with E-state index in [0.29, 0.717) is 45.0 Å². The zero-order valence-corrected chi connectivity index (χ0v) is 49.6. The number of benzene rings is 9. The van der Waals surface area contributed by atoms with Crippen LogP contribution in [-0.2, 0) is 29.9 Å². The van der Waals surface area contributed by atoms with Crippen molar-refractivity contribution >= 4 is 101 Å². The molecule has 0 saturated carbocycles. The van der Waals surface area contributed by atoms with Crippen molar-refractivity contribution in [1.29, 1.82) is 0 Å². The Bertz CT molecular complexity index is 5140. The summed E-state index contributed by atoms with van der Waals surface area (Å²) in [6.45, 7) is 27.1. The molecule has 82 heavy (non-hydrogen) atoms. The van der Waals surface area contributed by atoms with Crippen LogP contribution in [0.1, 0.15) is 159 Å². The monoisotopic (exact) mass is 1090 g/mol. The van der Waals surface area contributed by atoms with Crippen LogP contribution in [0.2, 0.25) is 0 Å². The maximum absolute atomic E-state index is 10.2. The van der Waals surface area contributed by atoms with E-state index in [1.807, 2.05) is 116 Å². The topological polar surface area (TPSA) is 16.3 Å². The molecule has 0 unspecified atom stereocenters. The maximum Gasteiger partial charge on any atom is 0.252 e. The summed E-state index contributed by atoms with van der Waals surface area (Å²) in [5.74, 6) is 0. The fourth-order valence-corrected chi connectivity index (χ4v) is 11.9. The molecular formula is C77H81BN4.